The number of thiocarbonyl (C=S) groups is 1. The minimum Gasteiger partial charge on any atom is -0.497 e. The molecule has 0 amide bonds. The minimum atomic E-state index is -0.112. The molecule has 168 valence electrons. The van der Waals surface area contributed by atoms with Crippen molar-refractivity contribution in [2.45, 2.75) is 38.5 Å². The second kappa shape index (κ2) is 10.1. The first-order valence-corrected chi connectivity index (χ1v) is 11.4. The molecule has 2 heterocycles. The van der Waals surface area contributed by atoms with Gasteiger partial charge in [-0.1, -0.05) is 30.3 Å². The van der Waals surface area contributed by atoms with Crippen LogP contribution in [0.15, 0.2) is 59.4 Å². The van der Waals surface area contributed by atoms with E-state index < -0.39 is 0 Å². The highest BCUT2D eigenvalue weighted by Crippen LogP contribution is 2.21. The maximum atomic E-state index is 12.8. The van der Waals surface area contributed by atoms with Crippen LogP contribution in [0.25, 0.3) is 10.9 Å². The molecule has 1 fully saturated rings. The molecule has 6 nitrogen and oxygen atoms in total. The van der Waals surface area contributed by atoms with Gasteiger partial charge in [0.05, 0.1) is 25.8 Å². The van der Waals surface area contributed by atoms with E-state index in [0.717, 1.165) is 41.7 Å². The first kappa shape index (κ1) is 22.3. The van der Waals surface area contributed by atoms with E-state index in [1.165, 1.54) is 0 Å². The molecule has 0 spiro atoms. The Bertz CT molecular complexity index is 1130. The molecule has 4 rings (SSSR count). The summed E-state index contributed by atoms with van der Waals surface area (Å²) in [5.41, 5.74) is 2.48. The van der Waals surface area contributed by atoms with Crippen LogP contribution in [0.1, 0.15) is 36.9 Å². The molecule has 1 aliphatic rings. The summed E-state index contributed by atoms with van der Waals surface area (Å²) >= 11 is 5.79. The highest BCUT2D eigenvalue weighted by molar-refractivity contribution is 7.80. The summed E-state index contributed by atoms with van der Waals surface area (Å²) in [6, 6.07) is 17.8. The van der Waals surface area contributed by atoms with Crippen LogP contribution < -0.4 is 15.6 Å². The number of fused-ring (bicyclic) bond motifs is 1. The Morgan fingerprint density at radius 1 is 1.28 bits per heavy atom. The molecule has 2 unspecified atom stereocenters. The van der Waals surface area contributed by atoms with Crippen molar-refractivity contribution in [2.24, 2.45) is 0 Å². The van der Waals surface area contributed by atoms with Gasteiger partial charge in [-0.15, -0.1) is 0 Å². The third-order valence-corrected chi connectivity index (χ3v) is 6.24. The van der Waals surface area contributed by atoms with Gasteiger partial charge in [0.15, 0.2) is 5.11 Å². The monoisotopic (exact) mass is 451 g/mol. The van der Waals surface area contributed by atoms with Crippen LogP contribution in [0.3, 0.4) is 0 Å². The van der Waals surface area contributed by atoms with Gasteiger partial charge in [0.2, 0.25) is 0 Å². The fourth-order valence-corrected chi connectivity index (χ4v) is 4.35. The van der Waals surface area contributed by atoms with E-state index in [-0.39, 0.29) is 17.7 Å². The molecule has 1 aliphatic heterocycles. The predicted molar refractivity (Wildman–Crippen MR) is 131 cm³/mol. The molecule has 7 heteroatoms. The van der Waals surface area contributed by atoms with E-state index in [2.05, 4.69) is 29.4 Å². The Morgan fingerprint density at radius 2 is 2.09 bits per heavy atom. The molecule has 0 aliphatic carbocycles. The van der Waals surface area contributed by atoms with Gasteiger partial charge >= 0.3 is 0 Å². The van der Waals surface area contributed by atoms with Crippen molar-refractivity contribution in [1.82, 2.24) is 15.2 Å². The van der Waals surface area contributed by atoms with E-state index in [1.54, 1.807) is 7.11 Å². The number of nitrogens with one attached hydrogen (secondary N) is 2. The molecular weight excluding hydrogens is 422 g/mol. The van der Waals surface area contributed by atoms with E-state index >= 15 is 0 Å². The van der Waals surface area contributed by atoms with Crippen molar-refractivity contribution >= 4 is 28.2 Å². The van der Waals surface area contributed by atoms with Crippen LogP contribution >= 0.6 is 12.2 Å². The number of hydrogen-bond acceptors (Lipinski definition) is 4. The molecule has 2 aromatic carbocycles. The van der Waals surface area contributed by atoms with E-state index in [9.17, 15) is 4.79 Å². The van der Waals surface area contributed by atoms with Gasteiger partial charge in [-0.3, -0.25) is 4.79 Å². The number of benzene rings is 2. The van der Waals surface area contributed by atoms with E-state index in [0.29, 0.717) is 23.8 Å². The summed E-state index contributed by atoms with van der Waals surface area (Å²) in [6.07, 6.45) is 2.16. The number of aromatic amines is 1. The third-order valence-electron chi connectivity index (χ3n) is 5.86. The molecule has 0 bridgehead atoms. The summed E-state index contributed by atoms with van der Waals surface area (Å²) in [5, 5.41) is 4.97. The van der Waals surface area contributed by atoms with Crippen molar-refractivity contribution in [2.75, 3.05) is 20.3 Å². The fraction of sp³-hybridized carbons (Fsp3) is 0.360. The van der Waals surface area contributed by atoms with Crippen LogP contribution in [-0.2, 0) is 11.3 Å². The summed E-state index contributed by atoms with van der Waals surface area (Å²) in [5.74, 6) is 0.751. The van der Waals surface area contributed by atoms with Gasteiger partial charge in [-0.2, -0.15) is 0 Å². The first-order valence-electron chi connectivity index (χ1n) is 11.0. The van der Waals surface area contributed by atoms with E-state index in [4.69, 9.17) is 21.7 Å². The summed E-state index contributed by atoms with van der Waals surface area (Å²) in [6.45, 7) is 3.90. The Balaban J connectivity index is 1.58. The van der Waals surface area contributed by atoms with Gasteiger partial charge < -0.3 is 24.7 Å². The molecule has 1 aromatic heterocycles. The lowest BCUT2D eigenvalue weighted by molar-refractivity contribution is 0.0895. The molecule has 2 atom stereocenters. The number of pyridine rings is 1. The number of rotatable bonds is 7. The van der Waals surface area contributed by atoms with Crippen molar-refractivity contribution in [3.8, 4) is 5.75 Å². The quantitative estimate of drug-likeness (QED) is 0.526. The summed E-state index contributed by atoms with van der Waals surface area (Å²) in [4.78, 5) is 17.8. The second-order valence-electron chi connectivity index (χ2n) is 8.17. The van der Waals surface area contributed by atoms with Crippen LogP contribution in [-0.4, -0.2) is 41.4 Å². The Hall–Kier alpha value is -2.90. The summed E-state index contributed by atoms with van der Waals surface area (Å²) in [7, 11) is 1.63. The van der Waals surface area contributed by atoms with Gasteiger partial charge in [0.1, 0.15) is 5.75 Å². The van der Waals surface area contributed by atoms with Gasteiger partial charge in [-0.25, -0.2) is 0 Å². The highest BCUT2D eigenvalue weighted by atomic mass is 32.1. The largest absolute Gasteiger partial charge is 0.497 e. The minimum absolute atomic E-state index is 0.0508. The lowest BCUT2D eigenvalue weighted by Gasteiger charge is -2.30. The Labute approximate surface area is 193 Å². The molecule has 0 saturated carbocycles. The molecular formula is C25H29N3O3S. The number of aromatic nitrogens is 1. The molecule has 32 heavy (non-hydrogen) atoms. The van der Waals surface area contributed by atoms with Crippen LogP contribution in [0.4, 0.5) is 0 Å². The number of H-pyrrole nitrogens is 1. The van der Waals surface area contributed by atoms with Crippen LogP contribution in [0.5, 0.6) is 5.75 Å². The zero-order valence-electron chi connectivity index (χ0n) is 18.5. The second-order valence-corrected chi connectivity index (χ2v) is 8.56. The predicted octanol–water partition coefficient (Wildman–Crippen LogP) is 4.15. The highest BCUT2D eigenvalue weighted by Gasteiger charge is 2.23. The first-order chi connectivity index (χ1) is 15.5. The Morgan fingerprint density at radius 3 is 2.81 bits per heavy atom. The topological polar surface area (TPSA) is 66.6 Å². The molecule has 3 aromatic rings. The van der Waals surface area contributed by atoms with Crippen molar-refractivity contribution in [3.63, 3.8) is 0 Å². The molecule has 2 N–H and O–H groups in total. The Kier molecular flexibility index (Phi) is 7.07. The number of nitrogens with zero attached hydrogens (tertiary/aromatic N) is 1. The molecule has 0 radical (unpaired) electrons. The lowest BCUT2D eigenvalue weighted by Crippen LogP contribution is -2.44. The average Bonchev–Trinajstić information content (AvgIpc) is 3.32. The smallest absolute Gasteiger partial charge is 0.253 e. The zero-order chi connectivity index (χ0) is 22.5. The average molecular weight is 452 g/mol. The zero-order valence-corrected chi connectivity index (χ0v) is 19.3. The third kappa shape index (κ3) is 5.29. The van der Waals surface area contributed by atoms with Crippen LogP contribution in [0, 0.1) is 0 Å². The van der Waals surface area contributed by atoms with Crippen LogP contribution in [0.2, 0.25) is 0 Å². The standard InChI is InChI=1S/C25H29N3O3S/c1-17(18-7-4-3-5-8-18)26-25(32)28(16-22-9-6-12-31-22)15-20-13-19-14-21(30-2)10-11-23(19)27-24(20)29/h3-5,7-8,10-11,13-14,17,22H,6,9,12,15-16H2,1-2H3,(H,26,32)(H,27,29). The number of hydrogen-bond donors (Lipinski definition) is 2. The number of methoxy groups -OCH3 is 1. The van der Waals surface area contributed by atoms with Gasteiger partial charge in [-0.05, 0) is 61.8 Å². The fourth-order valence-electron chi connectivity index (χ4n) is 4.03. The maximum Gasteiger partial charge on any atom is 0.253 e. The number of ether oxygens (including phenoxy) is 2. The molecule has 1 saturated heterocycles. The maximum absolute atomic E-state index is 12.8. The summed E-state index contributed by atoms with van der Waals surface area (Å²) < 4.78 is 11.2. The van der Waals surface area contributed by atoms with Crippen molar-refractivity contribution in [1.29, 1.82) is 0 Å². The van der Waals surface area contributed by atoms with Gasteiger partial charge in [0, 0.05) is 29.6 Å². The van der Waals surface area contributed by atoms with Gasteiger partial charge in [0.25, 0.3) is 5.56 Å². The van der Waals surface area contributed by atoms with E-state index in [1.807, 2.05) is 47.4 Å². The normalized spacial score (nSPS) is 16.6. The van der Waals surface area contributed by atoms with Crippen molar-refractivity contribution < 1.29 is 9.47 Å². The lowest BCUT2D eigenvalue weighted by atomic mass is 10.1. The SMILES string of the molecule is COc1ccc2[nH]c(=O)c(CN(CC3CCCO3)C(=S)NC(C)c3ccccc3)cc2c1. The van der Waals surface area contributed by atoms with Crippen molar-refractivity contribution in [3.05, 3.63) is 76.1 Å².